The molecule has 3 heteroatoms. The van der Waals surface area contributed by atoms with Crippen molar-refractivity contribution in [2.24, 2.45) is 0 Å². The molecule has 2 aromatic rings. The second kappa shape index (κ2) is 7.71. The first-order valence-corrected chi connectivity index (χ1v) is 10.1. The average molecular weight is 366 g/mol. The predicted molar refractivity (Wildman–Crippen MR) is 111 cm³/mol. The number of likely N-dealkylation sites (tertiary alicyclic amines) is 1. The number of thioether (sulfide) groups is 1. The highest BCUT2D eigenvalue weighted by Gasteiger charge is 2.43. The van der Waals surface area contributed by atoms with Gasteiger partial charge >= 0.3 is 0 Å². The summed E-state index contributed by atoms with van der Waals surface area (Å²) in [5, 5.41) is 0. The molecular formula is C23H27NOS. The summed E-state index contributed by atoms with van der Waals surface area (Å²) in [4.78, 5) is 14.7. The lowest BCUT2D eigenvalue weighted by atomic mass is 9.99. The Morgan fingerprint density at radius 3 is 2.38 bits per heavy atom. The van der Waals surface area contributed by atoms with Gasteiger partial charge in [-0.25, -0.2) is 0 Å². The van der Waals surface area contributed by atoms with Crippen LogP contribution < -0.4 is 0 Å². The molecule has 0 saturated carbocycles. The number of hydrogen-bond acceptors (Lipinski definition) is 2. The summed E-state index contributed by atoms with van der Waals surface area (Å²) < 4.78 is -0.0469. The molecule has 2 aromatic carbocycles. The maximum atomic E-state index is 12.7. The first-order chi connectivity index (χ1) is 12.4. The van der Waals surface area contributed by atoms with Crippen LogP contribution in [0.3, 0.4) is 0 Å². The molecule has 1 unspecified atom stereocenters. The molecule has 1 heterocycles. The van der Waals surface area contributed by atoms with Crippen LogP contribution in [-0.4, -0.2) is 21.6 Å². The van der Waals surface area contributed by atoms with E-state index in [9.17, 15) is 4.79 Å². The normalized spacial score (nSPS) is 17.8. The van der Waals surface area contributed by atoms with Crippen molar-refractivity contribution >= 4 is 17.7 Å². The molecule has 0 spiro atoms. The molecule has 0 radical (unpaired) electrons. The molecule has 1 atom stereocenters. The molecular weight excluding hydrogens is 338 g/mol. The average Bonchev–Trinajstić information content (AvgIpc) is 2.91. The van der Waals surface area contributed by atoms with Crippen molar-refractivity contribution in [3.05, 3.63) is 83.4 Å². The molecule has 2 nitrogen and oxygen atoms in total. The summed E-state index contributed by atoms with van der Waals surface area (Å²) in [5.41, 5.74) is 4.51. The Balaban J connectivity index is 1.74. The standard InChI is InChI=1S/C23H27NOS/c1-17-10-12-20(13-11-17)16-26-23(3,4)21-14-18(2)22(25)24(21)15-19-8-6-5-7-9-19/h5-13,21H,2,14-16H2,1,3-4H3. The van der Waals surface area contributed by atoms with E-state index < -0.39 is 0 Å². The summed E-state index contributed by atoms with van der Waals surface area (Å²) in [6, 6.07) is 19.1. The molecule has 136 valence electrons. The van der Waals surface area contributed by atoms with Crippen molar-refractivity contribution in [3.63, 3.8) is 0 Å². The highest BCUT2D eigenvalue weighted by molar-refractivity contribution is 7.99. The second-order valence-corrected chi connectivity index (χ2v) is 9.25. The van der Waals surface area contributed by atoms with Crippen LogP contribution in [-0.2, 0) is 17.1 Å². The van der Waals surface area contributed by atoms with Crippen LogP contribution in [0.2, 0.25) is 0 Å². The number of carbonyl (C=O) groups excluding carboxylic acids is 1. The third-order valence-corrected chi connectivity index (χ3v) is 6.60. The predicted octanol–water partition coefficient (Wildman–Crippen LogP) is 5.36. The molecule has 0 aliphatic carbocycles. The summed E-state index contributed by atoms with van der Waals surface area (Å²) >= 11 is 1.92. The molecule has 0 aromatic heterocycles. The molecule has 0 bridgehead atoms. The summed E-state index contributed by atoms with van der Waals surface area (Å²) in [6.45, 7) is 11.3. The van der Waals surface area contributed by atoms with Crippen LogP contribution in [0.5, 0.6) is 0 Å². The Bertz CT molecular complexity index is 780. The van der Waals surface area contributed by atoms with Gasteiger partial charge < -0.3 is 4.90 Å². The van der Waals surface area contributed by atoms with Gasteiger partial charge in [-0.15, -0.1) is 11.8 Å². The van der Waals surface area contributed by atoms with E-state index in [2.05, 4.69) is 63.7 Å². The van der Waals surface area contributed by atoms with E-state index in [1.54, 1.807) is 0 Å². The summed E-state index contributed by atoms with van der Waals surface area (Å²) in [7, 11) is 0. The van der Waals surface area contributed by atoms with E-state index in [0.29, 0.717) is 6.54 Å². The first-order valence-electron chi connectivity index (χ1n) is 9.09. The minimum Gasteiger partial charge on any atom is -0.330 e. The molecule has 3 rings (SSSR count). The maximum absolute atomic E-state index is 12.7. The van der Waals surface area contributed by atoms with Crippen molar-refractivity contribution in [1.29, 1.82) is 0 Å². The third kappa shape index (κ3) is 4.21. The van der Waals surface area contributed by atoms with Crippen molar-refractivity contribution in [3.8, 4) is 0 Å². The van der Waals surface area contributed by atoms with Crippen molar-refractivity contribution in [2.45, 2.75) is 50.3 Å². The van der Waals surface area contributed by atoms with E-state index in [1.807, 2.05) is 34.9 Å². The molecule has 26 heavy (non-hydrogen) atoms. The van der Waals surface area contributed by atoms with Crippen LogP contribution in [0.4, 0.5) is 0 Å². The van der Waals surface area contributed by atoms with Crippen LogP contribution in [0.1, 0.15) is 37.0 Å². The summed E-state index contributed by atoms with van der Waals surface area (Å²) in [5.74, 6) is 1.05. The molecule has 1 aliphatic heterocycles. The number of aryl methyl sites for hydroxylation is 1. The molecule has 1 saturated heterocycles. The van der Waals surface area contributed by atoms with Gasteiger partial charge in [-0.2, -0.15) is 0 Å². The van der Waals surface area contributed by atoms with Crippen molar-refractivity contribution in [2.75, 3.05) is 0 Å². The van der Waals surface area contributed by atoms with Gasteiger partial charge in [0.05, 0.1) is 6.04 Å². The number of rotatable bonds is 6. The SMILES string of the molecule is C=C1CC(C(C)(C)SCc2ccc(C)cc2)N(Cc2ccccc2)C1=O. The van der Waals surface area contributed by atoms with Crippen LogP contribution >= 0.6 is 11.8 Å². The molecule has 1 amide bonds. The Labute approximate surface area is 161 Å². The molecule has 0 N–H and O–H groups in total. The number of benzene rings is 2. The Kier molecular flexibility index (Phi) is 5.57. The van der Waals surface area contributed by atoms with Gasteiger partial charge in [-0.1, -0.05) is 66.7 Å². The Morgan fingerprint density at radius 1 is 1.08 bits per heavy atom. The monoisotopic (exact) mass is 365 g/mol. The Hall–Kier alpha value is -2.00. The quantitative estimate of drug-likeness (QED) is 0.642. The van der Waals surface area contributed by atoms with E-state index in [4.69, 9.17) is 0 Å². The first kappa shape index (κ1) is 18.8. The lowest BCUT2D eigenvalue weighted by molar-refractivity contribution is -0.127. The molecule has 1 aliphatic rings. The van der Waals surface area contributed by atoms with Crippen molar-refractivity contribution in [1.82, 2.24) is 4.90 Å². The third-order valence-electron chi connectivity index (χ3n) is 5.11. The molecule has 1 fully saturated rings. The fraction of sp³-hybridized carbons (Fsp3) is 0.348. The van der Waals surface area contributed by atoms with E-state index in [-0.39, 0.29) is 16.7 Å². The van der Waals surface area contributed by atoms with E-state index in [0.717, 1.165) is 17.7 Å². The van der Waals surface area contributed by atoms with Gasteiger partial charge in [0.1, 0.15) is 0 Å². The van der Waals surface area contributed by atoms with Gasteiger partial charge in [-0.3, -0.25) is 4.79 Å². The zero-order valence-corrected chi connectivity index (χ0v) is 16.7. The topological polar surface area (TPSA) is 20.3 Å². The number of amides is 1. The van der Waals surface area contributed by atoms with E-state index in [1.165, 1.54) is 16.7 Å². The smallest absolute Gasteiger partial charge is 0.249 e. The van der Waals surface area contributed by atoms with Gasteiger partial charge in [0.25, 0.3) is 0 Å². The highest BCUT2D eigenvalue weighted by Crippen LogP contribution is 2.40. The van der Waals surface area contributed by atoms with Gasteiger partial charge in [-0.05, 0) is 38.3 Å². The highest BCUT2D eigenvalue weighted by atomic mass is 32.2. The van der Waals surface area contributed by atoms with Crippen LogP contribution in [0.15, 0.2) is 66.7 Å². The Morgan fingerprint density at radius 2 is 1.73 bits per heavy atom. The lowest BCUT2D eigenvalue weighted by Crippen LogP contribution is -2.44. The zero-order chi connectivity index (χ0) is 18.7. The van der Waals surface area contributed by atoms with Crippen LogP contribution in [0, 0.1) is 6.92 Å². The van der Waals surface area contributed by atoms with Gasteiger partial charge in [0, 0.05) is 22.6 Å². The number of hydrogen-bond donors (Lipinski definition) is 0. The summed E-state index contributed by atoms with van der Waals surface area (Å²) in [6.07, 6.45) is 0.750. The lowest BCUT2D eigenvalue weighted by Gasteiger charge is -2.37. The maximum Gasteiger partial charge on any atom is 0.249 e. The second-order valence-electron chi connectivity index (χ2n) is 7.62. The van der Waals surface area contributed by atoms with Crippen LogP contribution in [0.25, 0.3) is 0 Å². The largest absolute Gasteiger partial charge is 0.330 e. The fourth-order valence-corrected chi connectivity index (χ4v) is 4.54. The van der Waals surface area contributed by atoms with Crippen molar-refractivity contribution < 1.29 is 4.79 Å². The van der Waals surface area contributed by atoms with Gasteiger partial charge in [0.2, 0.25) is 5.91 Å². The zero-order valence-electron chi connectivity index (χ0n) is 15.9. The fourth-order valence-electron chi connectivity index (χ4n) is 3.41. The number of nitrogens with zero attached hydrogens (tertiary/aromatic N) is 1. The minimum atomic E-state index is -0.0469. The van der Waals surface area contributed by atoms with Gasteiger partial charge in [0.15, 0.2) is 0 Å². The van der Waals surface area contributed by atoms with E-state index >= 15 is 0 Å². The minimum absolute atomic E-state index is 0.0469. The number of carbonyl (C=O) groups is 1.